The molecule has 1 heterocycles. The molecule has 4 aromatic rings. The predicted molar refractivity (Wildman–Crippen MR) is 99.7 cm³/mol. The summed E-state index contributed by atoms with van der Waals surface area (Å²) in [4.78, 5) is 0. The molecule has 0 unspecified atom stereocenters. The normalized spacial score (nSPS) is 10.9. The Balaban J connectivity index is 1.67. The maximum absolute atomic E-state index is 14.1. The van der Waals surface area contributed by atoms with Gasteiger partial charge in [-0.25, -0.2) is 13.2 Å². The monoisotopic (exact) mass is 397 g/mol. The second kappa shape index (κ2) is 7.81. The standard InChI is InChI=1S/C22H14F3NO3/c23-18-11-10-16(19(24)20(18)25)22-17(12-27)21(26-29-22)13-6-8-15(9-7-13)28-14-4-2-1-3-5-14/h1-11,27H,12H2. The van der Waals surface area contributed by atoms with Crippen LogP contribution in [-0.2, 0) is 6.61 Å². The van der Waals surface area contributed by atoms with Crippen LogP contribution < -0.4 is 4.74 Å². The summed E-state index contributed by atoms with van der Waals surface area (Å²) in [5.41, 5.74) is 0.674. The van der Waals surface area contributed by atoms with Crippen LogP contribution >= 0.6 is 0 Å². The minimum absolute atomic E-state index is 0.159. The third-order valence-electron chi connectivity index (χ3n) is 4.33. The smallest absolute Gasteiger partial charge is 0.195 e. The number of halogens is 3. The Hall–Kier alpha value is -3.58. The molecule has 1 aromatic heterocycles. The van der Waals surface area contributed by atoms with Crippen molar-refractivity contribution in [3.8, 4) is 34.1 Å². The molecule has 0 aliphatic rings. The van der Waals surface area contributed by atoms with Crippen LogP contribution in [0.15, 0.2) is 71.3 Å². The van der Waals surface area contributed by atoms with Gasteiger partial charge in [0.1, 0.15) is 17.2 Å². The quantitative estimate of drug-likeness (QED) is 0.438. The number of ether oxygens (including phenoxy) is 1. The lowest BCUT2D eigenvalue weighted by molar-refractivity contribution is 0.281. The van der Waals surface area contributed by atoms with Crippen LogP contribution in [-0.4, -0.2) is 10.3 Å². The van der Waals surface area contributed by atoms with Crippen molar-refractivity contribution in [3.05, 3.63) is 89.7 Å². The van der Waals surface area contributed by atoms with E-state index in [-0.39, 0.29) is 22.6 Å². The van der Waals surface area contributed by atoms with Crippen molar-refractivity contribution < 1.29 is 27.5 Å². The molecule has 0 bridgehead atoms. The Kier molecular flexibility index (Phi) is 5.05. The van der Waals surface area contributed by atoms with E-state index in [0.717, 1.165) is 12.1 Å². The molecule has 146 valence electrons. The fourth-order valence-electron chi connectivity index (χ4n) is 2.90. The third kappa shape index (κ3) is 3.60. The van der Waals surface area contributed by atoms with Gasteiger partial charge in [-0.3, -0.25) is 0 Å². The summed E-state index contributed by atoms with van der Waals surface area (Å²) in [6.07, 6.45) is 0. The van der Waals surface area contributed by atoms with Gasteiger partial charge in [-0.1, -0.05) is 23.4 Å². The van der Waals surface area contributed by atoms with Gasteiger partial charge in [-0.2, -0.15) is 0 Å². The summed E-state index contributed by atoms with van der Waals surface area (Å²) in [5, 5.41) is 13.6. The first-order valence-corrected chi connectivity index (χ1v) is 8.65. The molecule has 0 spiro atoms. The number of aliphatic hydroxyl groups excluding tert-OH is 1. The van der Waals surface area contributed by atoms with E-state index in [9.17, 15) is 18.3 Å². The minimum atomic E-state index is -1.62. The summed E-state index contributed by atoms with van der Waals surface area (Å²) in [6, 6.07) is 17.8. The lowest BCUT2D eigenvalue weighted by Crippen LogP contribution is -1.96. The molecule has 0 saturated carbocycles. The zero-order valence-electron chi connectivity index (χ0n) is 14.9. The molecule has 4 rings (SSSR count). The molecular formula is C22H14F3NO3. The molecular weight excluding hydrogens is 383 g/mol. The molecule has 3 aromatic carbocycles. The van der Waals surface area contributed by atoms with E-state index in [0.29, 0.717) is 17.1 Å². The van der Waals surface area contributed by atoms with E-state index < -0.39 is 24.1 Å². The molecule has 0 fully saturated rings. The highest BCUT2D eigenvalue weighted by Gasteiger charge is 2.23. The summed E-state index contributed by atoms with van der Waals surface area (Å²) < 4.78 is 51.8. The van der Waals surface area contributed by atoms with Crippen molar-refractivity contribution in [1.82, 2.24) is 5.16 Å². The highest BCUT2D eigenvalue weighted by atomic mass is 19.2. The Morgan fingerprint density at radius 1 is 0.828 bits per heavy atom. The van der Waals surface area contributed by atoms with Crippen LogP contribution in [0.2, 0.25) is 0 Å². The maximum atomic E-state index is 14.1. The van der Waals surface area contributed by atoms with E-state index in [4.69, 9.17) is 9.26 Å². The van der Waals surface area contributed by atoms with Gasteiger partial charge in [0.25, 0.3) is 0 Å². The first-order valence-electron chi connectivity index (χ1n) is 8.65. The average molecular weight is 397 g/mol. The fourth-order valence-corrected chi connectivity index (χ4v) is 2.90. The number of hydrogen-bond donors (Lipinski definition) is 1. The molecule has 0 aliphatic heterocycles. The zero-order valence-corrected chi connectivity index (χ0v) is 14.9. The Morgan fingerprint density at radius 2 is 1.52 bits per heavy atom. The van der Waals surface area contributed by atoms with Crippen molar-refractivity contribution in [2.45, 2.75) is 6.61 Å². The molecule has 29 heavy (non-hydrogen) atoms. The number of rotatable bonds is 5. The second-order valence-corrected chi connectivity index (χ2v) is 6.16. The third-order valence-corrected chi connectivity index (χ3v) is 4.33. The number of aliphatic hydroxyl groups is 1. The summed E-state index contributed by atoms with van der Waals surface area (Å²) in [5.74, 6) is -3.25. The van der Waals surface area contributed by atoms with Gasteiger partial charge >= 0.3 is 0 Å². The first-order chi connectivity index (χ1) is 14.1. The molecule has 0 aliphatic carbocycles. The largest absolute Gasteiger partial charge is 0.457 e. The summed E-state index contributed by atoms with van der Waals surface area (Å²) in [6.45, 7) is -0.533. The lowest BCUT2D eigenvalue weighted by Gasteiger charge is -2.06. The van der Waals surface area contributed by atoms with Crippen LogP contribution in [0.4, 0.5) is 13.2 Å². The van der Waals surface area contributed by atoms with Crippen molar-refractivity contribution in [2.75, 3.05) is 0 Å². The van der Waals surface area contributed by atoms with E-state index in [1.54, 1.807) is 24.3 Å². The highest BCUT2D eigenvalue weighted by molar-refractivity contribution is 5.73. The van der Waals surface area contributed by atoms with Crippen LogP contribution in [0.1, 0.15) is 5.56 Å². The number of hydrogen-bond acceptors (Lipinski definition) is 4. The van der Waals surface area contributed by atoms with Gasteiger partial charge in [0.2, 0.25) is 0 Å². The number of para-hydroxylation sites is 1. The molecule has 0 amide bonds. The Bertz CT molecular complexity index is 1140. The van der Waals surface area contributed by atoms with Crippen molar-refractivity contribution >= 4 is 0 Å². The fraction of sp³-hybridized carbons (Fsp3) is 0.0455. The summed E-state index contributed by atoms with van der Waals surface area (Å²) >= 11 is 0. The van der Waals surface area contributed by atoms with Gasteiger partial charge in [0, 0.05) is 5.56 Å². The van der Waals surface area contributed by atoms with Crippen molar-refractivity contribution in [3.63, 3.8) is 0 Å². The topological polar surface area (TPSA) is 55.5 Å². The summed E-state index contributed by atoms with van der Waals surface area (Å²) in [7, 11) is 0. The van der Waals surface area contributed by atoms with Gasteiger partial charge in [0.05, 0.1) is 17.7 Å². The molecule has 1 N–H and O–H groups in total. The van der Waals surface area contributed by atoms with E-state index >= 15 is 0 Å². The lowest BCUT2D eigenvalue weighted by atomic mass is 10.0. The van der Waals surface area contributed by atoms with Crippen LogP contribution in [0.3, 0.4) is 0 Å². The SMILES string of the molecule is OCc1c(-c2ccc(Oc3ccccc3)cc2)noc1-c1ccc(F)c(F)c1F. The van der Waals surface area contributed by atoms with E-state index in [1.807, 2.05) is 30.3 Å². The molecule has 7 heteroatoms. The van der Waals surface area contributed by atoms with Crippen LogP contribution in [0.5, 0.6) is 11.5 Å². The van der Waals surface area contributed by atoms with Gasteiger partial charge < -0.3 is 14.4 Å². The molecule has 0 atom stereocenters. The molecule has 0 saturated heterocycles. The molecule has 0 radical (unpaired) electrons. The number of nitrogens with zero attached hydrogens (tertiary/aromatic N) is 1. The van der Waals surface area contributed by atoms with Gasteiger partial charge in [0.15, 0.2) is 23.2 Å². The number of aromatic nitrogens is 1. The predicted octanol–water partition coefficient (Wildman–Crippen LogP) is 5.71. The number of benzene rings is 3. The average Bonchev–Trinajstić information content (AvgIpc) is 3.17. The van der Waals surface area contributed by atoms with E-state index in [2.05, 4.69) is 5.16 Å². The van der Waals surface area contributed by atoms with Gasteiger partial charge in [-0.05, 0) is 48.5 Å². The van der Waals surface area contributed by atoms with Crippen molar-refractivity contribution in [1.29, 1.82) is 0 Å². The van der Waals surface area contributed by atoms with E-state index in [1.165, 1.54) is 0 Å². The van der Waals surface area contributed by atoms with Gasteiger partial charge in [-0.15, -0.1) is 0 Å². The maximum Gasteiger partial charge on any atom is 0.195 e. The molecule has 4 nitrogen and oxygen atoms in total. The van der Waals surface area contributed by atoms with Crippen LogP contribution in [0.25, 0.3) is 22.6 Å². The first kappa shape index (κ1) is 18.8. The van der Waals surface area contributed by atoms with Crippen LogP contribution in [0, 0.1) is 17.5 Å². The second-order valence-electron chi connectivity index (χ2n) is 6.16. The Morgan fingerprint density at radius 3 is 2.21 bits per heavy atom. The Labute approximate surface area is 163 Å². The highest BCUT2D eigenvalue weighted by Crippen LogP contribution is 2.35. The zero-order chi connectivity index (χ0) is 20.4. The van der Waals surface area contributed by atoms with Crippen molar-refractivity contribution in [2.24, 2.45) is 0 Å². The minimum Gasteiger partial charge on any atom is -0.457 e.